The number of ether oxygens (including phenoxy) is 2. The van der Waals surface area contributed by atoms with Crippen LogP contribution < -0.4 is 14.8 Å². The van der Waals surface area contributed by atoms with Crippen LogP contribution in [0.3, 0.4) is 0 Å². The average Bonchev–Trinajstić information content (AvgIpc) is 2.53. The van der Waals surface area contributed by atoms with E-state index in [1.807, 2.05) is 25.1 Å². The van der Waals surface area contributed by atoms with Gasteiger partial charge >= 0.3 is 0 Å². The Morgan fingerprint density at radius 2 is 1.96 bits per heavy atom. The van der Waals surface area contributed by atoms with Gasteiger partial charge in [-0.2, -0.15) is 5.26 Å². The first-order valence-electron chi connectivity index (χ1n) is 7.22. The van der Waals surface area contributed by atoms with Gasteiger partial charge in [-0.05, 0) is 42.8 Å². The molecule has 118 valence electrons. The molecule has 0 unspecified atom stereocenters. The first kappa shape index (κ1) is 16.4. The largest absolute Gasteiger partial charge is 0.490 e. The molecule has 0 aliphatic carbocycles. The summed E-state index contributed by atoms with van der Waals surface area (Å²) < 4.78 is 11.3. The van der Waals surface area contributed by atoms with Gasteiger partial charge in [-0.15, -0.1) is 0 Å². The van der Waals surface area contributed by atoms with E-state index in [0.29, 0.717) is 36.0 Å². The number of nitrogens with zero attached hydrogens (tertiary/aromatic N) is 1. The van der Waals surface area contributed by atoms with Crippen molar-refractivity contribution in [1.82, 2.24) is 0 Å². The zero-order valence-electron chi connectivity index (χ0n) is 13.1. The zero-order chi connectivity index (χ0) is 16.7. The summed E-state index contributed by atoms with van der Waals surface area (Å²) in [5.41, 5.74) is 2.22. The van der Waals surface area contributed by atoms with Crippen LogP contribution in [-0.2, 0) is 4.79 Å². The van der Waals surface area contributed by atoms with Crippen molar-refractivity contribution in [3.63, 3.8) is 0 Å². The summed E-state index contributed by atoms with van der Waals surface area (Å²) in [6.07, 6.45) is 0. The molecule has 0 heterocycles. The van der Waals surface area contributed by atoms with Crippen molar-refractivity contribution in [2.24, 2.45) is 0 Å². The molecule has 2 rings (SSSR count). The van der Waals surface area contributed by atoms with Crippen molar-refractivity contribution < 1.29 is 14.3 Å². The molecule has 2 aromatic carbocycles. The monoisotopic (exact) mass is 310 g/mol. The molecule has 0 aromatic heterocycles. The molecule has 0 spiro atoms. The molecular weight excluding hydrogens is 292 g/mol. The number of carbonyl (C=O) groups is 1. The highest BCUT2D eigenvalue weighted by atomic mass is 16.5. The van der Waals surface area contributed by atoms with Crippen molar-refractivity contribution in [2.45, 2.75) is 13.8 Å². The molecule has 0 aliphatic heterocycles. The van der Waals surface area contributed by atoms with Crippen molar-refractivity contribution in [3.8, 4) is 17.6 Å². The van der Waals surface area contributed by atoms with Crippen LogP contribution in [-0.4, -0.2) is 19.1 Å². The second-order valence-electron chi connectivity index (χ2n) is 5.02. The third-order valence-corrected chi connectivity index (χ3v) is 3.02. The molecule has 0 aliphatic rings. The Kier molecular flexibility index (Phi) is 5.59. The van der Waals surface area contributed by atoms with Gasteiger partial charge in [0.15, 0.2) is 0 Å². The molecule has 0 saturated heterocycles. The van der Waals surface area contributed by atoms with Gasteiger partial charge in [0.05, 0.1) is 17.3 Å². The van der Waals surface area contributed by atoms with Gasteiger partial charge in [-0.1, -0.05) is 12.1 Å². The lowest BCUT2D eigenvalue weighted by molar-refractivity contribution is -0.114. The van der Waals surface area contributed by atoms with Crippen LogP contribution in [0, 0.1) is 18.3 Å². The molecule has 2 aromatic rings. The number of aryl methyl sites for hydroxylation is 1. The highest BCUT2D eigenvalue weighted by Gasteiger charge is 2.06. The molecule has 1 N–H and O–H groups in total. The number of rotatable bonds is 6. The number of nitriles is 1. The highest BCUT2D eigenvalue weighted by Crippen LogP contribution is 2.25. The number of hydrogen-bond acceptors (Lipinski definition) is 4. The minimum Gasteiger partial charge on any atom is -0.490 e. The summed E-state index contributed by atoms with van der Waals surface area (Å²) >= 11 is 0. The van der Waals surface area contributed by atoms with Gasteiger partial charge in [0, 0.05) is 6.92 Å². The summed E-state index contributed by atoms with van der Waals surface area (Å²) in [7, 11) is 0. The van der Waals surface area contributed by atoms with Crippen LogP contribution in [0.25, 0.3) is 0 Å². The number of nitrogens with one attached hydrogen (secondary N) is 1. The van der Waals surface area contributed by atoms with E-state index in [1.165, 1.54) is 6.92 Å². The molecule has 0 atom stereocenters. The van der Waals surface area contributed by atoms with Gasteiger partial charge in [0.2, 0.25) is 5.91 Å². The Bertz CT molecular complexity index is 735. The first-order valence-corrected chi connectivity index (χ1v) is 7.22. The predicted molar refractivity (Wildman–Crippen MR) is 87.6 cm³/mol. The maximum Gasteiger partial charge on any atom is 0.221 e. The zero-order valence-corrected chi connectivity index (χ0v) is 13.1. The second kappa shape index (κ2) is 7.85. The minimum absolute atomic E-state index is 0.150. The number of carbonyl (C=O) groups excluding carboxylic acids is 1. The first-order chi connectivity index (χ1) is 11.1. The Morgan fingerprint density at radius 3 is 2.70 bits per heavy atom. The molecule has 5 nitrogen and oxygen atoms in total. The molecule has 0 bridgehead atoms. The maximum atomic E-state index is 11.2. The lowest BCUT2D eigenvalue weighted by Crippen LogP contribution is -2.12. The average molecular weight is 310 g/mol. The normalized spacial score (nSPS) is 9.78. The van der Waals surface area contributed by atoms with E-state index in [-0.39, 0.29) is 5.91 Å². The number of anilines is 1. The van der Waals surface area contributed by atoms with E-state index in [1.54, 1.807) is 24.3 Å². The lowest BCUT2D eigenvalue weighted by atomic mass is 10.2. The van der Waals surface area contributed by atoms with Crippen molar-refractivity contribution in [3.05, 3.63) is 53.6 Å². The molecule has 0 saturated carbocycles. The molecule has 1 amide bonds. The third kappa shape index (κ3) is 5.04. The van der Waals surface area contributed by atoms with Gasteiger partial charge in [-0.25, -0.2) is 0 Å². The van der Waals surface area contributed by atoms with E-state index in [4.69, 9.17) is 14.7 Å². The Hall–Kier alpha value is -3.00. The van der Waals surface area contributed by atoms with Gasteiger partial charge < -0.3 is 14.8 Å². The van der Waals surface area contributed by atoms with Gasteiger partial charge in [-0.3, -0.25) is 4.79 Å². The van der Waals surface area contributed by atoms with Crippen molar-refractivity contribution >= 4 is 11.6 Å². The van der Waals surface area contributed by atoms with Crippen LogP contribution >= 0.6 is 0 Å². The fourth-order valence-electron chi connectivity index (χ4n) is 2.01. The molecule has 23 heavy (non-hydrogen) atoms. The standard InChI is InChI=1S/C18H18N2O3/c1-13-6-7-17(20-14(2)21)18(10-13)23-9-8-22-16-5-3-4-15(11-16)12-19/h3-7,10-11H,8-9H2,1-2H3,(H,20,21). The maximum absolute atomic E-state index is 11.2. The summed E-state index contributed by atoms with van der Waals surface area (Å²) in [5, 5.41) is 11.6. The van der Waals surface area contributed by atoms with E-state index >= 15 is 0 Å². The fourth-order valence-corrected chi connectivity index (χ4v) is 2.01. The molecule has 0 fully saturated rings. The van der Waals surface area contributed by atoms with Crippen molar-refractivity contribution in [2.75, 3.05) is 18.5 Å². The summed E-state index contributed by atoms with van der Waals surface area (Å²) in [6, 6.07) is 14.6. The Labute approximate surface area is 135 Å². The van der Waals surface area contributed by atoms with Crippen molar-refractivity contribution in [1.29, 1.82) is 5.26 Å². The highest BCUT2D eigenvalue weighted by molar-refractivity contribution is 5.90. The Morgan fingerprint density at radius 1 is 1.17 bits per heavy atom. The quantitative estimate of drug-likeness (QED) is 0.831. The van der Waals surface area contributed by atoms with Crippen LogP contribution in [0.15, 0.2) is 42.5 Å². The summed E-state index contributed by atoms with van der Waals surface area (Å²) in [5.74, 6) is 1.08. The minimum atomic E-state index is -0.150. The van der Waals surface area contributed by atoms with E-state index in [2.05, 4.69) is 11.4 Å². The molecule has 0 radical (unpaired) electrons. The topological polar surface area (TPSA) is 71.3 Å². The van der Waals surface area contributed by atoms with Crippen LogP contribution in [0.1, 0.15) is 18.1 Å². The van der Waals surface area contributed by atoms with E-state index in [0.717, 1.165) is 5.56 Å². The second-order valence-corrected chi connectivity index (χ2v) is 5.02. The van der Waals surface area contributed by atoms with Crippen LogP contribution in [0.5, 0.6) is 11.5 Å². The Balaban J connectivity index is 1.92. The number of amides is 1. The SMILES string of the molecule is CC(=O)Nc1ccc(C)cc1OCCOc1cccc(C#N)c1. The number of benzene rings is 2. The summed E-state index contributed by atoms with van der Waals surface area (Å²) in [6.45, 7) is 4.07. The van der Waals surface area contributed by atoms with Crippen LogP contribution in [0.4, 0.5) is 5.69 Å². The summed E-state index contributed by atoms with van der Waals surface area (Å²) in [4.78, 5) is 11.2. The lowest BCUT2D eigenvalue weighted by Gasteiger charge is -2.13. The van der Waals surface area contributed by atoms with Gasteiger partial charge in [0.1, 0.15) is 24.7 Å². The smallest absolute Gasteiger partial charge is 0.221 e. The van der Waals surface area contributed by atoms with E-state index in [9.17, 15) is 4.79 Å². The third-order valence-electron chi connectivity index (χ3n) is 3.02. The fraction of sp³-hybridized carbons (Fsp3) is 0.222. The van der Waals surface area contributed by atoms with Crippen LogP contribution in [0.2, 0.25) is 0 Å². The molecule has 5 heteroatoms. The van der Waals surface area contributed by atoms with Gasteiger partial charge in [0.25, 0.3) is 0 Å². The molecular formula is C18H18N2O3. The number of hydrogen-bond donors (Lipinski definition) is 1. The van der Waals surface area contributed by atoms with E-state index < -0.39 is 0 Å². The predicted octanol–water partition coefficient (Wildman–Crippen LogP) is 3.28.